The fourth-order valence-corrected chi connectivity index (χ4v) is 3.02. The van der Waals surface area contributed by atoms with Crippen molar-refractivity contribution in [3.63, 3.8) is 0 Å². The number of hydrogen-bond acceptors (Lipinski definition) is 5. The molecule has 3 heterocycles. The first-order chi connectivity index (χ1) is 11.6. The van der Waals surface area contributed by atoms with E-state index in [-0.39, 0.29) is 11.8 Å². The Bertz CT molecular complexity index is 676. The minimum atomic E-state index is 0.0639. The maximum Gasteiger partial charge on any atom is 0.225 e. The van der Waals surface area contributed by atoms with Crippen molar-refractivity contribution in [3.8, 4) is 0 Å². The molecule has 6 heteroatoms. The molecule has 0 atom stereocenters. The van der Waals surface area contributed by atoms with E-state index in [0.29, 0.717) is 6.54 Å². The van der Waals surface area contributed by atoms with Crippen molar-refractivity contribution in [1.29, 1.82) is 0 Å². The van der Waals surface area contributed by atoms with Crippen molar-refractivity contribution < 1.29 is 4.79 Å². The van der Waals surface area contributed by atoms with E-state index in [2.05, 4.69) is 25.2 Å². The summed E-state index contributed by atoms with van der Waals surface area (Å²) in [7, 11) is 0. The first-order valence-electron chi connectivity index (χ1n) is 8.35. The van der Waals surface area contributed by atoms with Gasteiger partial charge in [0.2, 0.25) is 11.9 Å². The summed E-state index contributed by atoms with van der Waals surface area (Å²) in [6.07, 6.45) is 5.14. The largest absolute Gasteiger partial charge is 0.352 e. The van der Waals surface area contributed by atoms with Crippen LogP contribution in [0.2, 0.25) is 0 Å². The van der Waals surface area contributed by atoms with Crippen LogP contribution in [0.1, 0.15) is 29.8 Å². The van der Waals surface area contributed by atoms with Crippen LogP contribution in [0.4, 0.5) is 5.95 Å². The second-order valence-corrected chi connectivity index (χ2v) is 6.29. The number of pyridine rings is 1. The predicted octanol–water partition coefficient (Wildman–Crippen LogP) is 2.02. The highest BCUT2D eigenvalue weighted by atomic mass is 16.1. The second kappa shape index (κ2) is 7.38. The molecule has 2 aromatic rings. The minimum Gasteiger partial charge on any atom is -0.352 e. The first-order valence-corrected chi connectivity index (χ1v) is 8.35. The van der Waals surface area contributed by atoms with E-state index in [9.17, 15) is 4.79 Å². The van der Waals surface area contributed by atoms with Crippen LogP contribution in [0.15, 0.2) is 30.6 Å². The Kier molecular flexibility index (Phi) is 5.03. The number of carbonyl (C=O) groups excluding carboxylic acids is 1. The molecule has 0 bridgehead atoms. The van der Waals surface area contributed by atoms with E-state index in [1.165, 1.54) is 0 Å². The van der Waals surface area contributed by atoms with Crippen molar-refractivity contribution in [2.24, 2.45) is 5.92 Å². The summed E-state index contributed by atoms with van der Waals surface area (Å²) in [5.74, 6) is 0.977. The zero-order valence-electron chi connectivity index (χ0n) is 14.2. The molecule has 0 saturated carbocycles. The van der Waals surface area contributed by atoms with Crippen LogP contribution in [0, 0.1) is 19.8 Å². The van der Waals surface area contributed by atoms with Gasteiger partial charge in [0.1, 0.15) is 0 Å². The summed E-state index contributed by atoms with van der Waals surface area (Å²) in [4.78, 5) is 27.5. The summed E-state index contributed by atoms with van der Waals surface area (Å²) in [6.45, 7) is 6.16. The molecule has 0 aliphatic carbocycles. The summed E-state index contributed by atoms with van der Waals surface area (Å²) in [5.41, 5.74) is 3.03. The molecule has 1 fully saturated rings. The van der Waals surface area contributed by atoms with E-state index in [1.807, 2.05) is 32.0 Å². The van der Waals surface area contributed by atoms with Crippen LogP contribution < -0.4 is 10.2 Å². The standard InChI is InChI=1S/C18H23N5O/c1-13-11-14(2)22-18(21-13)23-9-5-16(6-10-23)17(24)20-12-15-3-7-19-8-4-15/h3-4,7-8,11,16H,5-6,9-10,12H2,1-2H3,(H,20,24). The molecule has 2 aromatic heterocycles. The first kappa shape index (κ1) is 16.4. The third kappa shape index (κ3) is 4.07. The molecule has 0 unspecified atom stereocenters. The van der Waals surface area contributed by atoms with Gasteiger partial charge in [-0.2, -0.15) is 0 Å². The highest BCUT2D eigenvalue weighted by molar-refractivity contribution is 5.78. The topological polar surface area (TPSA) is 71.0 Å². The molecule has 1 aliphatic rings. The highest BCUT2D eigenvalue weighted by Crippen LogP contribution is 2.21. The molecule has 1 N–H and O–H groups in total. The van der Waals surface area contributed by atoms with E-state index in [1.54, 1.807) is 12.4 Å². The van der Waals surface area contributed by atoms with Gasteiger partial charge >= 0.3 is 0 Å². The predicted molar refractivity (Wildman–Crippen MR) is 92.5 cm³/mol. The number of nitrogens with zero attached hydrogens (tertiary/aromatic N) is 4. The molecule has 1 aliphatic heterocycles. The number of anilines is 1. The highest BCUT2D eigenvalue weighted by Gasteiger charge is 2.26. The van der Waals surface area contributed by atoms with E-state index in [4.69, 9.17) is 0 Å². The maximum absolute atomic E-state index is 12.3. The molecule has 1 amide bonds. The van der Waals surface area contributed by atoms with Crippen molar-refractivity contribution in [1.82, 2.24) is 20.3 Å². The number of aromatic nitrogens is 3. The van der Waals surface area contributed by atoms with E-state index in [0.717, 1.165) is 48.8 Å². The fraction of sp³-hybridized carbons (Fsp3) is 0.444. The molecule has 3 rings (SSSR count). The average Bonchev–Trinajstić information content (AvgIpc) is 2.60. The van der Waals surface area contributed by atoms with Gasteiger partial charge < -0.3 is 10.2 Å². The molecular formula is C18H23N5O. The van der Waals surface area contributed by atoms with Crippen molar-refractivity contribution >= 4 is 11.9 Å². The van der Waals surface area contributed by atoms with Crippen LogP contribution in [-0.4, -0.2) is 33.9 Å². The van der Waals surface area contributed by atoms with Crippen molar-refractivity contribution in [2.75, 3.05) is 18.0 Å². The van der Waals surface area contributed by atoms with Gasteiger partial charge in [-0.05, 0) is 50.5 Å². The number of carbonyl (C=O) groups is 1. The Morgan fingerprint density at radius 3 is 2.42 bits per heavy atom. The molecule has 1 saturated heterocycles. The van der Waals surface area contributed by atoms with Crippen LogP contribution in [-0.2, 0) is 11.3 Å². The number of hydrogen-bond donors (Lipinski definition) is 1. The monoisotopic (exact) mass is 325 g/mol. The lowest BCUT2D eigenvalue weighted by atomic mass is 9.96. The van der Waals surface area contributed by atoms with Gasteiger partial charge in [-0.15, -0.1) is 0 Å². The number of aryl methyl sites for hydroxylation is 2. The Balaban J connectivity index is 1.52. The maximum atomic E-state index is 12.3. The van der Waals surface area contributed by atoms with Crippen LogP contribution in [0.25, 0.3) is 0 Å². The second-order valence-electron chi connectivity index (χ2n) is 6.29. The summed E-state index contributed by atoms with van der Waals surface area (Å²) < 4.78 is 0. The van der Waals surface area contributed by atoms with E-state index >= 15 is 0 Å². The van der Waals surface area contributed by atoms with Crippen LogP contribution >= 0.6 is 0 Å². The van der Waals surface area contributed by atoms with Crippen molar-refractivity contribution in [2.45, 2.75) is 33.2 Å². The Labute approximate surface area is 142 Å². The molecule has 126 valence electrons. The smallest absolute Gasteiger partial charge is 0.225 e. The minimum absolute atomic E-state index is 0.0639. The Hall–Kier alpha value is -2.50. The molecule has 0 spiro atoms. The summed E-state index contributed by atoms with van der Waals surface area (Å²) in [5, 5.41) is 3.03. The lowest BCUT2D eigenvalue weighted by molar-refractivity contribution is -0.125. The number of piperidine rings is 1. The van der Waals surface area contributed by atoms with Gasteiger partial charge in [0, 0.05) is 49.3 Å². The number of rotatable bonds is 4. The number of nitrogens with one attached hydrogen (secondary N) is 1. The van der Waals surface area contributed by atoms with Gasteiger partial charge in [-0.1, -0.05) is 0 Å². The third-order valence-corrected chi connectivity index (χ3v) is 4.34. The van der Waals surface area contributed by atoms with Gasteiger partial charge in [0.05, 0.1) is 0 Å². The zero-order chi connectivity index (χ0) is 16.9. The normalized spacial score (nSPS) is 15.3. The zero-order valence-corrected chi connectivity index (χ0v) is 14.2. The quantitative estimate of drug-likeness (QED) is 0.931. The summed E-state index contributed by atoms with van der Waals surface area (Å²) in [6, 6.07) is 5.81. The molecule has 0 radical (unpaired) electrons. The molecular weight excluding hydrogens is 302 g/mol. The molecule has 0 aromatic carbocycles. The summed E-state index contributed by atoms with van der Waals surface area (Å²) >= 11 is 0. The molecule has 24 heavy (non-hydrogen) atoms. The average molecular weight is 325 g/mol. The number of amides is 1. The van der Waals surface area contributed by atoms with Crippen LogP contribution in [0.5, 0.6) is 0 Å². The lowest BCUT2D eigenvalue weighted by Crippen LogP contribution is -2.41. The van der Waals surface area contributed by atoms with Gasteiger partial charge in [0.25, 0.3) is 0 Å². The van der Waals surface area contributed by atoms with Crippen LogP contribution in [0.3, 0.4) is 0 Å². The van der Waals surface area contributed by atoms with Crippen molar-refractivity contribution in [3.05, 3.63) is 47.5 Å². The Morgan fingerprint density at radius 2 is 1.79 bits per heavy atom. The molecule has 6 nitrogen and oxygen atoms in total. The Morgan fingerprint density at radius 1 is 1.17 bits per heavy atom. The van der Waals surface area contributed by atoms with Gasteiger partial charge in [0.15, 0.2) is 0 Å². The lowest BCUT2D eigenvalue weighted by Gasteiger charge is -2.31. The SMILES string of the molecule is Cc1cc(C)nc(N2CCC(C(=O)NCc3ccncc3)CC2)n1. The third-order valence-electron chi connectivity index (χ3n) is 4.34. The fourth-order valence-electron chi connectivity index (χ4n) is 3.02. The van der Waals surface area contributed by atoms with E-state index < -0.39 is 0 Å². The van der Waals surface area contributed by atoms with Gasteiger partial charge in [-0.25, -0.2) is 9.97 Å². The van der Waals surface area contributed by atoms with Gasteiger partial charge in [-0.3, -0.25) is 9.78 Å².